The number of hydrogen-bond donors (Lipinski definition) is 0. The van der Waals surface area contributed by atoms with E-state index in [2.05, 4.69) is 0 Å². The van der Waals surface area contributed by atoms with E-state index in [1.54, 1.807) is 24.3 Å². The number of benzene rings is 2. The molecule has 0 amide bonds. The summed E-state index contributed by atoms with van der Waals surface area (Å²) in [5.74, 6) is -0.372. The second kappa shape index (κ2) is 6.28. The second-order valence-corrected chi connectivity index (χ2v) is 4.55. The van der Waals surface area contributed by atoms with E-state index in [1.165, 1.54) is 6.92 Å². The predicted octanol–water partition coefficient (Wildman–Crippen LogP) is 3.68. The number of halogens is 2. The van der Waals surface area contributed by atoms with Crippen molar-refractivity contribution < 1.29 is 18.3 Å². The van der Waals surface area contributed by atoms with Crippen molar-refractivity contribution in [2.75, 3.05) is 0 Å². The van der Waals surface area contributed by atoms with Crippen LogP contribution in [0.2, 0.25) is 0 Å². The van der Waals surface area contributed by atoms with Crippen molar-refractivity contribution in [3.8, 4) is 5.75 Å². The number of rotatable bonds is 5. The number of carbonyl (C=O) groups is 1. The van der Waals surface area contributed by atoms with E-state index < -0.39 is 11.6 Å². The molecule has 0 radical (unpaired) electrons. The van der Waals surface area contributed by atoms with E-state index in [-0.39, 0.29) is 18.0 Å². The topological polar surface area (TPSA) is 26.3 Å². The van der Waals surface area contributed by atoms with E-state index in [0.717, 1.165) is 23.8 Å². The van der Waals surface area contributed by atoms with Crippen molar-refractivity contribution in [1.82, 2.24) is 0 Å². The summed E-state index contributed by atoms with van der Waals surface area (Å²) in [5, 5.41) is 0. The number of hydrogen-bond acceptors (Lipinski definition) is 2. The van der Waals surface area contributed by atoms with Crippen molar-refractivity contribution in [2.45, 2.75) is 20.0 Å². The molecule has 20 heavy (non-hydrogen) atoms. The Kier molecular flexibility index (Phi) is 4.45. The molecule has 4 heteroatoms. The standard InChI is InChI=1S/C16H14F2O2/c1-11(19)8-12-2-5-15(6-3-12)20-10-13-9-14(17)4-7-16(13)18/h2-7,9H,8,10H2,1H3. The van der Waals surface area contributed by atoms with Gasteiger partial charge in [0.05, 0.1) is 0 Å². The fourth-order valence-corrected chi connectivity index (χ4v) is 1.81. The van der Waals surface area contributed by atoms with E-state index in [4.69, 9.17) is 4.74 Å². The van der Waals surface area contributed by atoms with Crippen LogP contribution in [0.3, 0.4) is 0 Å². The van der Waals surface area contributed by atoms with Gasteiger partial charge in [-0.05, 0) is 42.8 Å². The van der Waals surface area contributed by atoms with Crippen LogP contribution >= 0.6 is 0 Å². The van der Waals surface area contributed by atoms with Gasteiger partial charge < -0.3 is 4.74 Å². The van der Waals surface area contributed by atoms with Crippen molar-refractivity contribution in [3.63, 3.8) is 0 Å². The zero-order chi connectivity index (χ0) is 14.5. The van der Waals surface area contributed by atoms with Crippen LogP contribution in [-0.2, 0) is 17.8 Å². The SMILES string of the molecule is CC(=O)Cc1ccc(OCc2cc(F)ccc2F)cc1. The summed E-state index contributed by atoms with van der Waals surface area (Å²) in [6.45, 7) is 1.48. The normalized spacial score (nSPS) is 10.3. The van der Waals surface area contributed by atoms with Gasteiger partial charge in [-0.2, -0.15) is 0 Å². The molecule has 2 aromatic carbocycles. The molecular weight excluding hydrogens is 262 g/mol. The summed E-state index contributed by atoms with van der Waals surface area (Å²) in [5.41, 5.74) is 1.06. The van der Waals surface area contributed by atoms with Crippen molar-refractivity contribution in [3.05, 3.63) is 65.2 Å². The summed E-state index contributed by atoms with van der Waals surface area (Å²) < 4.78 is 31.8. The zero-order valence-electron chi connectivity index (χ0n) is 11.0. The average Bonchev–Trinajstić information content (AvgIpc) is 2.41. The predicted molar refractivity (Wildman–Crippen MR) is 71.5 cm³/mol. The molecule has 0 spiro atoms. The average molecular weight is 276 g/mol. The first kappa shape index (κ1) is 14.2. The number of ether oxygens (including phenoxy) is 1. The molecular formula is C16H14F2O2. The quantitative estimate of drug-likeness (QED) is 0.832. The van der Waals surface area contributed by atoms with Crippen LogP contribution in [0.5, 0.6) is 5.75 Å². The smallest absolute Gasteiger partial charge is 0.134 e. The molecule has 0 aromatic heterocycles. The lowest BCUT2D eigenvalue weighted by atomic mass is 10.1. The van der Waals surface area contributed by atoms with Crippen LogP contribution < -0.4 is 4.74 Å². The van der Waals surface area contributed by atoms with Crippen molar-refractivity contribution in [2.24, 2.45) is 0 Å². The van der Waals surface area contributed by atoms with E-state index in [1.807, 2.05) is 0 Å². The van der Waals surface area contributed by atoms with Gasteiger partial charge in [-0.1, -0.05) is 12.1 Å². The molecule has 0 heterocycles. The summed E-state index contributed by atoms with van der Waals surface area (Å²) in [6.07, 6.45) is 0.374. The third-order valence-corrected chi connectivity index (χ3v) is 2.78. The largest absolute Gasteiger partial charge is 0.489 e. The highest BCUT2D eigenvalue weighted by Gasteiger charge is 2.05. The Morgan fingerprint density at radius 1 is 1.10 bits per heavy atom. The zero-order valence-corrected chi connectivity index (χ0v) is 11.0. The maximum absolute atomic E-state index is 13.4. The Labute approximate surface area is 116 Å². The Morgan fingerprint density at radius 2 is 1.80 bits per heavy atom. The lowest BCUT2D eigenvalue weighted by Crippen LogP contribution is -2.00. The van der Waals surface area contributed by atoms with Crippen LogP contribution in [0.25, 0.3) is 0 Å². The van der Waals surface area contributed by atoms with Crippen LogP contribution in [0.15, 0.2) is 42.5 Å². The molecule has 0 aliphatic rings. The molecule has 0 saturated carbocycles. The first-order valence-electron chi connectivity index (χ1n) is 6.19. The lowest BCUT2D eigenvalue weighted by molar-refractivity contribution is -0.116. The van der Waals surface area contributed by atoms with Gasteiger partial charge in [-0.3, -0.25) is 4.79 Å². The van der Waals surface area contributed by atoms with Crippen molar-refractivity contribution in [1.29, 1.82) is 0 Å². The molecule has 2 rings (SSSR count). The first-order valence-corrected chi connectivity index (χ1v) is 6.19. The van der Waals surface area contributed by atoms with Crippen LogP contribution in [-0.4, -0.2) is 5.78 Å². The van der Waals surface area contributed by atoms with Crippen LogP contribution in [0.1, 0.15) is 18.1 Å². The third kappa shape index (κ3) is 3.88. The summed E-state index contributed by atoms with van der Waals surface area (Å²) in [6, 6.07) is 10.2. The summed E-state index contributed by atoms with van der Waals surface area (Å²) in [4.78, 5) is 11.0. The maximum Gasteiger partial charge on any atom is 0.134 e. The fraction of sp³-hybridized carbons (Fsp3) is 0.188. The minimum absolute atomic E-state index is 0.0460. The first-order chi connectivity index (χ1) is 9.54. The van der Waals surface area contributed by atoms with Gasteiger partial charge in [0, 0.05) is 12.0 Å². The van der Waals surface area contributed by atoms with E-state index in [0.29, 0.717) is 12.2 Å². The molecule has 104 valence electrons. The Bertz CT molecular complexity index is 606. The summed E-state index contributed by atoms with van der Waals surface area (Å²) >= 11 is 0. The van der Waals surface area contributed by atoms with Gasteiger partial charge >= 0.3 is 0 Å². The van der Waals surface area contributed by atoms with Gasteiger partial charge in [0.1, 0.15) is 29.8 Å². The number of carbonyl (C=O) groups excluding carboxylic acids is 1. The number of ketones is 1. The molecule has 0 bridgehead atoms. The monoisotopic (exact) mass is 276 g/mol. The van der Waals surface area contributed by atoms with Crippen LogP contribution in [0.4, 0.5) is 8.78 Å². The summed E-state index contributed by atoms with van der Waals surface area (Å²) in [7, 11) is 0. The van der Waals surface area contributed by atoms with Gasteiger partial charge in [0.15, 0.2) is 0 Å². The molecule has 2 nitrogen and oxygen atoms in total. The second-order valence-electron chi connectivity index (χ2n) is 4.55. The highest BCUT2D eigenvalue weighted by molar-refractivity contribution is 5.78. The van der Waals surface area contributed by atoms with E-state index in [9.17, 15) is 13.6 Å². The van der Waals surface area contributed by atoms with Gasteiger partial charge in [-0.25, -0.2) is 8.78 Å². The highest BCUT2D eigenvalue weighted by Crippen LogP contribution is 2.16. The fourth-order valence-electron chi connectivity index (χ4n) is 1.81. The molecule has 0 N–H and O–H groups in total. The molecule has 0 aliphatic carbocycles. The molecule has 0 atom stereocenters. The Balaban J connectivity index is 2.00. The molecule has 0 aliphatic heterocycles. The van der Waals surface area contributed by atoms with Gasteiger partial charge in [-0.15, -0.1) is 0 Å². The maximum atomic E-state index is 13.4. The minimum Gasteiger partial charge on any atom is -0.489 e. The van der Waals surface area contributed by atoms with Crippen molar-refractivity contribution >= 4 is 5.78 Å². The number of Topliss-reactive ketones (excluding diaryl/α,β-unsaturated/α-hetero) is 1. The molecule has 0 unspecified atom stereocenters. The highest BCUT2D eigenvalue weighted by atomic mass is 19.1. The van der Waals surface area contributed by atoms with E-state index >= 15 is 0 Å². The molecule has 0 saturated heterocycles. The molecule has 0 fully saturated rings. The lowest BCUT2D eigenvalue weighted by Gasteiger charge is -2.08. The minimum atomic E-state index is -0.500. The Morgan fingerprint density at radius 3 is 2.45 bits per heavy atom. The van der Waals surface area contributed by atoms with Gasteiger partial charge in [0.2, 0.25) is 0 Å². The van der Waals surface area contributed by atoms with Crippen LogP contribution in [0, 0.1) is 11.6 Å². The Hall–Kier alpha value is -2.23. The van der Waals surface area contributed by atoms with Gasteiger partial charge in [0.25, 0.3) is 0 Å². The third-order valence-electron chi connectivity index (χ3n) is 2.78. The molecule has 2 aromatic rings.